The van der Waals surface area contributed by atoms with Gasteiger partial charge in [-0.3, -0.25) is 9.59 Å². The van der Waals surface area contributed by atoms with Crippen LogP contribution in [0.2, 0.25) is 0 Å². The van der Waals surface area contributed by atoms with Gasteiger partial charge in [0, 0.05) is 16.8 Å². The standard InChI is InChI=1S/C24H21N3O2/c1-3-17-10-6-8-16(2)22(17)27-24(29)19-12-7-11-18(14-19)23(28)26-21-13-5-4-9-20(21)15-25/h4-14H,3H2,1-2H3,(H,26,28)(H,27,29). The van der Waals surface area contributed by atoms with Gasteiger partial charge in [-0.1, -0.05) is 43.3 Å². The van der Waals surface area contributed by atoms with Gasteiger partial charge >= 0.3 is 0 Å². The molecular weight excluding hydrogens is 362 g/mol. The number of aryl methyl sites for hydroxylation is 2. The Balaban J connectivity index is 1.82. The lowest BCUT2D eigenvalue weighted by molar-refractivity contribution is 0.102. The first kappa shape index (κ1) is 19.8. The molecule has 0 saturated carbocycles. The number of para-hydroxylation sites is 2. The summed E-state index contributed by atoms with van der Waals surface area (Å²) in [5, 5.41) is 14.9. The van der Waals surface area contributed by atoms with E-state index in [1.807, 2.05) is 38.1 Å². The zero-order valence-corrected chi connectivity index (χ0v) is 16.3. The first-order chi connectivity index (χ1) is 14.0. The number of amides is 2. The van der Waals surface area contributed by atoms with Crippen molar-refractivity contribution in [2.24, 2.45) is 0 Å². The number of anilines is 2. The molecule has 0 aromatic heterocycles. The van der Waals surface area contributed by atoms with Crippen molar-refractivity contribution in [3.63, 3.8) is 0 Å². The topological polar surface area (TPSA) is 82.0 Å². The monoisotopic (exact) mass is 383 g/mol. The van der Waals surface area contributed by atoms with Gasteiger partial charge in [-0.2, -0.15) is 5.26 Å². The Morgan fingerprint density at radius 1 is 0.897 bits per heavy atom. The van der Waals surface area contributed by atoms with E-state index in [-0.39, 0.29) is 11.8 Å². The van der Waals surface area contributed by atoms with Crippen LogP contribution in [0, 0.1) is 18.3 Å². The zero-order valence-electron chi connectivity index (χ0n) is 16.3. The molecule has 0 unspecified atom stereocenters. The van der Waals surface area contributed by atoms with Crippen LogP contribution in [0.3, 0.4) is 0 Å². The van der Waals surface area contributed by atoms with Gasteiger partial charge in [0.05, 0.1) is 11.3 Å². The molecule has 0 fully saturated rings. The largest absolute Gasteiger partial charge is 0.321 e. The van der Waals surface area contributed by atoms with Gasteiger partial charge < -0.3 is 10.6 Å². The van der Waals surface area contributed by atoms with Crippen LogP contribution < -0.4 is 10.6 Å². The molecule has 0 heterocycles. The van der Waals surface area contributed by atoms with E-state index in [0.717, 1.165) is 23.2 Å². The normalized spacial score (nSPS) is 10.1. The first-order valence-electron chi connectivity index (χ1n) is 9.34. The minimum absolute atomic E-state index is 0.277. The number of hydrogen-bond donors (Lipinski definition) is 2. The highest BCUT2D eigenvalue weighted by Gasteiger charge is 2.14. The van der Waals surface area contributed by atoms with Crippen molar-refractivity contribution in [2.75, 3.05) is 10.6 Å². The molecule has 144 valence electrons. The fraction of sp³-hybridized carbons (Fsp3) is 0.125. The summed E-state index contributed by atoms with van der Waals surface area (Å²) in [6, 6.07) is 21.2. The second-order valence-electron chi connectivity index (χ2n) is 6.61. The highest BCUT2D eigenvalue weighted by Crippen LogP contribution is 2.22. The number of rotatable bonds is 5. The summed E-state index contributed by atoms with van der Waals surface area (Å²) in [6.07, 6.45) is 0.804. The summed E-state index contributed by atoms with van der Waals surface area (Å²) >= 11 is 0. The highest BCUT2D eigenvalue weighted by molar-refractivity contribution is 6.09. The van der Waals surface area contributed by atoms with Gasteiger partial charge in [-0.25, -0.2) is 0 Å². The maximum absolute atomic E-state index is 12.8. The minimum atomic E-state index is -0.382. The van der Waals surface area contributed by atoms with E-state index < -0.39 is 0 Å². The molecule has 2 N–H and O–H groups in total. The van der Waals surface area contributed by atoms with E-state index in [9.17, 15) is 9.59 Å². The van der Waals surface area contributed by atoms with Crippen molar-refractivity contribution >= 4 is 23.2 Å². The summed E-state index contributed by atoms with van der Waals surface area (Å²) < 4.78 is 0. The van der Waals surface area contributed by atoms with Crippen LogP contribution in [-0.4, -0.2) is 11.8 Å². The van der Waals surface area contributed by atoms with Gasteiger partial charge in [0.15, 0.2) is 0 Å². The quantitative estimate of drug-likeness (QED) is 0.655. The molecule has 0 aliphatic rings. The van der Waals surface area contributed by atoms with Crippen molar-refractivity contribution in [1.82, 2.24) is 0 Å². The molecule has 5 nitrogen and oxygen atoms in total. The highest BCUT2D eigenvalue weighted by atomic mass is 16.2. The van der Waals surface area contributed by atoms with Crippen molar-refractivity contribution in [1.29, 1.82) is 5.26 Å². The molecule has 3 aromatic carbocycles. The van der Waals surface area contributed by atoms with Crippen LogP contribution in [0.15, 0.2) is 66.7 Å². The SMILES string of the molecule is CCc1cccc(C)c1NC(=O)c1cccc(C(=O)Nc2ccccc2C#N)c1. The maximum atomic E-state index is 12.8. The summed E-state index contributed by atoms with van der Waals surface area (Å²) in [5.41, 5.74) is 4.38. The van der Waals surface area contributed by atoms with Crippen LogP contribution >= 0.6 is 0 Å². The van der Waals surface area contributed by atoms with Crippen LogP contribution in [0.25, 0.3) is 0 Å². The van der Waals surface area contributed by atoms with E-state index in [1.54, 1.807) is 48.5 Å². The Morgan fingerprint density at radius 3 is 2.24 bits per heavy atom. The van der Waals surface area contributed by atoms with Crippen LogP contribution in [0.5, 0.6) is 0 Å². The third-order valence-electron chi connectivity index (χ3n) is 4.66. The molecule has 0 aliphatic carbocycles. The van der Waals surface area contributed by atoms with Crippen molar-refractivity contribution in [3.8, 4) is 6.07 Å². The van der Waals surface area contributed by atoms with E-state index >= 15 is 0 Å². The average molecular weight is 383 g/mol. The van der Waals surface area contributed by atoms with Crippen LogP contribution in [-0.2, 0) is 6.42 Å². The second kappa shape index (κ2) is 8.85. The molecule has 0 bridgehead atoms. The lowest BCUT2D eigenvalue weighted by Crippen LogP contribution is -2.17. The Bertz CT molecular complexity index is 1110. The number of carbonyl (C=O) groups is 2. The predicted octanol–water partition coefficient (Wildman–Crippen LogP) is 4.93. The minimum Gasteiger partial charge on any atom is -0.321 e. The smallest absolute Gasteiger partial charge is 0.255 e. The van der Waals surface area contributed by atoms with Gasteiger partial charge in [-0.15, -0.1) is 0 Å². The fourth-order valence-corrected chi connectivity index (χ4v) is 3.07. The maximum Gasteiger partial charge on any atom is 0.255 e. The average Bonchev–Trinajstić information content (AvgIpc) is 2.75. The van der Waals surface area contributed by atoms with Gasteiger partial charge in [0.1, 0.15) is 6.07 Å². The molecule has 0 saturated heterocycles. The number of hydrogen-bond acceptors (Lipinski definition) is 3. The molecule has 5 heteroatoms. The summed E-state index contributed by atoms with van der Waals surface area (Å²) in [4.78, 5) is 25.4. The lowest BCUT2D eigenvalue weighted by atomic mass is 10.0. The Labute approximate surface area is 170 Å². The van der Waals surface area contributed by atoms with Crippen LogP contribution in [0.1, 0.15) is 44.3 Å². The Hall–Kier alpha value is -3.91. The molecule has 0 atom stereocenters. The van der Waals surface area contributed by atoms with E-state index in [1.165, 1.54) is 0 Å². The van der Waals surface area contributed by atoms with Crippen molar-refractivity contribution in [3.05, 3.63) is 94.5 Å². The number of nitrogens with zero attached hydrogens (tertiary/aromatic N) is 1. The third kappa shape index (κ3) is 4.50. The van der Waals surface area contributed by atoms with Gasteiger partial charge in [0.2, 0.25) is 0 Å². The molecule has 0 radical (unpaired) electrons. The molecule has 0 aliphatic heterocycles. The van der Waals surface area contributed by atoms with E-state index in [2.05, 4.69) is 10.6 Å². The third-order valence-corrected chi connectivity index (χ3v) is 4.66. The summed E-state index contributed by atoms with van der Waals surface area (Å²) in [6.45, 7) is 3.99. The lowest BCUT2D eigenvalue weighted by Gasteiger charge is -2.13. The fourth-order valence-electron chi connectivity index (χ4n) is 3.07. The Kier molecular flexibility index (Phi) is 6.06. The molecule has 0 spiro atoms. The van der Waals surface area contributed by atoms with Crippen molar-refractivity contribution < 1.29 is 9.59 Å². The molecule has 3 aromatic rings. The van der Waals surface area contributed by atoms with Gasteiger partial charge in [-0.05, 0) is 54.8 Å². The number of nitriles is 1. The van der Waals surface area contributed by atoms with E-state index in [0.29, 0.717) is 22.4 Å². The van der Waals surface area contributed by atoms with E-state index in [4.69, 9.17) is 5.26 Å². The molecular formula is C24H21N3O2. The Morgan fingerprint density at radius 2 is 1.55 bits per heavy atom. The molecule has 2 amide bonds. The number of nitrogens with one attached hydrogen (secondary N) is 2. The number of benzene rings is 3. The zero-order chi connectivity index (χ0) is 20.8. The summed E-state index contributed by atoms with van der Waals surface area (Å²) in [7, 11) is 0. The number of carbonyl (C=O) groups excluding carboxylic acids is 2. The first-order valence-corrected chi connectivity index (χ1v) is 9.34. The van der Waals surface area contributed by atoms with Crippen molar-refractivity contribution in [2.45, 2.75) is 20.3 Å². The molecule has 3 rings (SSSR count). The predicted molar refractivity (Wildman–Crippen MR) is 114 cm³/mol. The van der Waals surface area contributed by atoms with Gasteiger partial charge in [0.25, 0.3) is 11.8 Å². The van der Waals surface area contributed by atoms with Crippen LogP contribution in [0.4, 0.5) is 11.4 Å². The second-order valence-corrected chi connectivity index (χ2v) is 6.61. The summed E-state index contributed by atoms with van der Waals surface area (Å²) in [5.74, 6) is -0.659. The molecule has 29 heavy (non-hydrogen) atoms.